The van der Waals surface area contributed by atoms with Crippen molar-refractivity contribution in [3.8, 4) is 0 Å². The molecule has 2 heterocycles. The Morgan fingerprint density at radius 1 is 1.25 bits per heavy atom. The third-order valence-electron chi connectivity index (χ3n) is 4.62. The largest absolute Gasteiger partial charge is 0.345 e. The number of ketones is 1. The topological polar surface area (TPSA) is 69.8 Å². The number of carbonyl (C=O) groups is 1. The summed E-state index contributed by atoms with van der Waals surface area (Å²) in [4.78, 5) is 25.2. The van der Waals surface area contributed by atoms with Crippen molar-refractivity contribution in [3.63, 3.8) is 0 Å². The fourth-order valence-corrected chi connectivity index (χ4v) is 3.30. The lowest BCUT2D eigenvalue weighted by Crippen LogP contribution is -2.28. The summed E-state index contributed by atoms with van der Waals surface area (Å²) in [5, 5.41) is 8.41. The minimum atomic E-state index is -0.287. The van der Waals surface area contributed by atoms with E-state index in [-0.39, 0.29) is 17.9 Å². The highest BCUT2D eigenvalue weighted by atomic mass is 16.1. The van der Waals surface area contributed by atoms with Crippen LogP contribution in [0.3, 0.4) is 0 Å². The summed E-state index contributed by atoms with van der Waals surface area (Å²) in [6.45, 7) is 3.89. The second kappa shape index (κ2) is 5.40. The molecule has 24 heavy (non-hydrogen) atoms. The zero-order valence-corrected chi connectivity index (χ0v) is 13.7. The van der Waals surface area contributed by atoms with E-state index < -0.39 is 0 Å². The molecule has 3 aromatic rings. The predicted molar refractivity (Wildman–Crippen MR) is 90.3 cm³/mol. The van der Waals surface area contributed by atoms with E-state index in [1.165, 1.54) is 12.8 Å². The lowest BCUT2D eigenvalue weighted by Gasteiger charge is -2.08. The van der Waals surface area contributed by atoms with E-state index in [9.17, 15) is 9.59 Å². The molecule has 0 unspecified atom stereocenters. The van der Waals surface area contributed by atoms with Crippen LogP contribution in [-0.2, 0) is 6.54 Å². The van der Waals surface area contributed by atoms with Crippen LogP contribution in [0, 0.1) is 13.8 Å². The molecule has 0 saturated heterocycles. The fraction of sp³-hybridized carbons (Fsp3) is 0.333. The highest BCUT2D eigenvalue weighted by Crippen LogP contribution is 2.38. The molecule has 0 amide bonds. The quantitative estimate of drug-likeness (QED) is 0.692. The van der Waals surface area contributed by atoms with Crippen molar-refractivity contribution < 1.29 is 4.79 Å². The van der Waals surface area contributed by atoms with E-state index in [1.54, 1.807) is 24.3 Å². The van der Waals surface area contributed by atoms with Gasteiger partial charge in [0.25, 0.3) is 5.56 Å². The number of benzene rings is 1. The van der Waals surface area contributed by atoms with Gasteiger partial charge in [0, 0.05) is 23.0 Å². The zero-order chi connectivity index (χ0) is 16.8. The molecular formula is C18H18N4O2. The first-order chi connectivity index (χ1) is 11.6. The summed E-state index contributed by atoms with van der Waals surface area (Å²) in [5.74, 6) is -0.110. The predicted octanol–water partition coefficient (Wildman–Crippen LogP) is 2.43. The van der Waals surface area contributed by atoms with Crippen molar-refractivity contribution in [2.75, 3.05) is 0 Å². The van der Waals surface area contributed by atoms with Crippen molar-refractivity contribution in [1.29, 1.82) is 0 Å². The molecule has 0 N–H and O–H groups in total. The third-order valence-corrected chi connectivity index (χ3v) is 4.62. The molecule has 4 rings (SSSR count). The van der Waals surface area contributed by atoms with Gasteiger partial charge in [-0.1, -0.05) is 17.3 Å². The van der Waals surface area contributed by atoms with E-state index in [2.05, 4.69) is 14.9 Å². The van der Waals surface area contributed by atoms with E-state index in [4.69, 9.17) is 0 Å². The van der Waals surface area contributed by atoms with E-state index in [0.29, 0.717) is 22.5 Å². The van der Waals surface area contributed by atoms with Crippen molar-refractivity contribution >= 4 is 16.7 Å². The van der Waals surface area contributed by atoms with Crippen LogP contribution >= 0.6 is 0 Å². The average Bonchev–Trinajstić information content (AvgIpc) is 3.35. The molecule has 6 nitrogen and oxygen atoms in total. The average molecular weight is 322 g/mol. The van der Waals surface area contributed by atoms with Gasteiger partial charge in [-0.2, -0.15) is 0 Å². The smallest absolute Gasteiger partial charge is 0.278 e. The van der Waals surface area contributed by atoms with E-state index >= 15 is 0 Å². The molecule has 1 aromatic carbocycles. The summed E-state index contributed by atoms with van der Waals surface area (Å²) in [7, 11) is 0. The molecular weight excluding hydrogens is 304 g/mol. The monoisotopic (exact) mass is 322 g/mol. The molecule has 0 bridgehead atoms. The number of aromatic nitrogens is 4. The molecule has 0 aliphatic heterocycles. The molecule has 2 aromatic heterocycles. The fourth-order valence-electron chi connectivity index (χ4n) is 3.30. The van der Waals surface area contributed by atoms with Crippen LogP contribution in [0.25, 0.3) is 10.9 Å². The van der Waals surface area contributed by atoms with E-state index in [1.807, 2.05) is 19.9 Å². The van der Waals surface area contributed by atoms with Gasteiger partial charge in [0.05, 0.1) is 5.39 Å². The minimum Gasteiger partial charge on any atom is -0.345 e. The van der Waals surface area contributed by atoms with Gasteiger partial charge in [-0.05, 0) is 44.9 Å². The molecule has 1 saturated carbocycles. The molecule has 1 aliphatic rings. The first kappa shape index (κ1) is 14.8. The summed E-state index contributed by atoms with van der Waals surface area (Å²) in [5.41, 5.74) is 2.99. The van der Waals surface area contributed by atoms with Gasteiger partial charge < -0.3 is 4.57 Å². The first-order valence-corrected chi connectivity index (χ1v) is 8.10. The van der Waals surface area contributed by atoms with Crippen LogP contribution in [0.1, 0.15) is 40.6 Å². The summed E-state index contributed by atoms with van der Waals surface area (Å²) >= 11 is 0. The number of nitrogens with zero attached hydrogens (tertiary/aromatic N) is 4. The molecule has 0 radical (unpaired) electrons. The first-order valence-electron chi connectivity index (χ1n) is 8.10. The Hall–Kier alpha value is -2.76. The van der Waals surface area contributed by atoms with Crippen LogP contribution < -0.4 is 5.56 Å². The molecule has 1 fully saturated rings. The van der Waals surface area contributed by atoms with Crippen molar-refractivity contribution in [1.82, 2.24) is 19.6 Å². The molecule has 6 heteroatoms. The minimum absolute atomic E-state index is 0.0916. The second-order valence-electron chi connectivity index (χ2n) is 6.38. The number of fused-ring (bicyclic) bond motifs is 1. The van der Waals surface area contributed by atoms with Gasteiger partial charge >= 0.3 is 0 Å². The number of Topliss-reactive ketones (excluding diaryl/α,β-unsaturated/α-hetero) is 1. The number of hydrogen-bond acceptors (Lipinski definition) is 4. The van der Waals surface area contributed by atoms with Crippen molar-refractivity contribution in [3.05, 3.63) is 57.6 Å². The van der Waals surface area contributed by atoms with Crippen molar-refractivity contribution in [2.45, 2.75) is 39.3 Å². The molecule has 0 spiro atoms. The maximum Gasteiger partial charge on any atom is 0.278 e. The maximum atomic E-state index is 12.7. The van der Waals surface area contributed by atoms with Crippen molar-refractivity contribution in [2.24, 2.45) is 0 Å². The lowest BCUT2D eigenvalue weighted by molar-refractivity contribution is 0.0964. The molecule has 0 atom stereocenters. The van der Waals surface area contributed by atoms with Gasteiger partial charge in [0.15, 0.2) is 5.78 Å². The number of aryl methyl sites for hydroxylation is 1. The third kappa shape index (κ3) is 2.35. The van der Waals surface area contributed by atoms with Gasteiger partial charge in [-0.25, -0.2) is 4.68 Å². The Morgan fingerprint density at radius 3 is 2.75 bits per heavy atom. The highest BCUT2D eigenvalue weighted by molar-refractivity contribution is 5.97. The van der Waals surface area contributed by atoms with Crippen LogP contribution in [0.5, 0.6) is 0 Å². The second-order valence-corrected chi connectivity index (χ2v) is 6.38. The van der Waals surface area contributed by atoms with Crippen LogP contribution in [-0.4, -0.2) is 25.3 Å². The van der Waals surface area contributed by atoms with E-state index in [0.717, 1.165) is 16.1 Å². The van der Waals surface area contributed by atoms with Crippen LogP contribution in [0.2, 0.25) is 0 Å². The highest BCUT2D eigenvalue weighted by Gasteiger charge is 2.28. The normalized spacial score (nSPS) is 14.2. The van der Waals surface area contributed by atoms with Crippen LogP contribution in [0.4, 0.5) is 0 Å². The lowest BCUT2D eigenvalue weighted by atomic mass is 10.1. The van der Waals surface area contributed by atoms with Gasteiger partial charge in [-0.3, -0.25) is 9.59 Å². The Bertz CT molecular complexity index is 1010. The standard InChI is InChI=1S/C18H18N4O2/c1-11-9-15(12(2)22(11)13-7-8-13)17(23)10-21-18(24)14-5-3-4-6-16(14)19-20-21/h3-6,9,13H,7-8,10H2,1-2H3. The van der Waals surface area contributed by atoms with Crippen LogP contribution in [0.15, 0.2) is 35.1 Å². The summed E-state index contributed by atoms with van der Waals surface area (Å²) in [6.07, 6.45) is 2.33. The Labute approximate surface area is 138 Å². The summed E-state index contributed by atoms with van der Waals surface area (Å²) < 4.78 is 3.37. The Balaban J connectivity index is 1.69. The maximum absolute atomic E-state index is 12.7. The number of rotatable bonds is 4. The van der Waals surface area contributed by atoms with Gasteiger partial charge in [-0.15, -0.1) is 5.10 Å². The SMILES string of the molecule is Cc1cc(C(=O)Cn2nnc3ccccc3c2=O)c(C)n1C1CC1. The zero-order valence-electron chi connectivity index (χ0n) is 13.7. The molecule has 1 aliphatic carbocycles. The number of hydrogen-bond donors (Lipinski definition) is 0. The van der Waals surface area contributed by atoms with Gasteiger partial charge in [0.2, 0.25) is 0 Å². The Morgan fingerprint density at radius 2 is 2.00 bits per heavy atom. The number of carbonyl (C=O) groups excluding carboxylic acids is 1. The van der Waals surface area contributed by atoms with Gasteiger partial charge in [0.1, 0.15) is 12.1 Å². The Kier molecular flexibility index (Phi) is 3.33. The molecule has 122 valence electrons. The summed E-state index contributed by atoms with van der Waals surface area (Å²) in [6, 6.07) is 9.45.